The topological polar surface area (TPSA) is 58.6 Å². The number of carbonyl (C=O) groups excluding carboxylic acids is 2. The van der Waals surface area contributed by atoms with Crippen LogP contribution in [0.3, 0.4) is 0 Å². The van der Waals surface area contributed by atoms with Gasteiger partial charge >= 0.3 is 0 Å². The fourth-order valence-corrected chi connectivity index (χ4v) is 2.85. The van der Waals surface area contributed by atoms with Gasteiger partial charge in [-0.3, -0.25) is 9.59 Å². The molecule has 0 aliphatic rings. The highest BCUT2D eigenvalue weighted by molar-refractivity contribution is 5.88. The maximum Gasteiger partial charge on any atom is 0.261 e. The predicted octanol–water partition coefficient (Wildman–Crippen LogP) is 3.71. The lowest BCUT2D eigenvalue weighted by atomic mass is 10.1. The molecule has 0 aromatic heterocycles. The summed E-state index contributed by atoms with van der Waals surface area (Å²) in [7, 11) is 0. The van der Waals surface area contributed by atoms with Crippen LogP contribution in [0.4, 0.5) is 4.39 Å². The van der Waals surface area contributed by atoms with E-state index in [-0.39, 0.29) is 31.0 Å². The molecule has 6 heteroatoms. The molecule has 0 bridgehead atoms. The van der Waals surface area contributed by atoms with E-state index in [1.54, 1.807) is 25.1 Å². The van der Waals surface area contributed by atoms with Crippen LogP contribution in [0.2, 0.25) is 0 Å². The molecule has 1 N–H and O–H groups in total. The Bertz CT molecular complexity index is 821. The van der Waals surface area contributed by atoms with Crippen LogP contribution in [0, 0.1) is 5.82 Å². The zero-order valence-electron chi connectivity index (χ0n) is 17.4. The summed E-state index contributed by atoms with van der Waals surface area (Å²) in [5.41, 5.74) is 1.51. The molecule has 2 rings (SSSR count). The third-order valence-electron chi connectivity index (χ3n) is 4.59. The average Bonchev–Trinajstić information content (AvgIpc) is 2.70. The van der Waals surface area contributed by atoms with Crippen LogP contribution in [0.15, 0.2) is 48.5 Å². The molecule has 0 fully saturated rings. The largest absolute Gasteiger partial charge is 0.484 e. The summed E-state index contributed by atoms with van der Waals surface area (Å²) in [6, 6.07) is 12.9. The van der Waals surface area contributed by atoms with Crippen LogP contribution >= 0.6 is 0 Å². The number of aryl methyl sites for hydroxylation is 1. The third-order valence-corrected chi connectivity index (χ3v) is 4.59. The Morgan fingerprint density at radius 1 is 1.07 bits per heavy atom. The van der Waals surface area contributed by atoms with Gasteiger partial charge in [-0.05, 0) is 51.0 Å². The van der Waals surface area contributed by atoms with Gasteiger partial charge in [-0.2, -0.15) is 0 Å². The van der Waals surface area contributed by atoms with Crippen molar-refractivity contribution in [1.82, 2.24) is 10.2 Å². The minimum Gasteiger partial charge on any atom is -0.484 e. The van der Waals surface area contributed by atoms with Crippen molar-refractivity contribution in [3.63, 3.8) is 0 Å². The van der Waals surface area contributed by atoms with Crippen LogP contribution in [-0.2, 0) is 22.6 Å². The second-order valence-electron chi connectivity index (χ2n) is 7.24. The van der Waals surface area contributed by atoms with E-state index in [1.165, 1.54) is 16.5 Å². The van der Waals surface area contributed by atoms with Crippen LogP contribution < -0.4 is 10.1 Å². The molecule has 2 aromatic rings. The Balaban J connectivity index is 2.14. The van der Waals surface area contributed by atoms with Crippen LogP contribution in [0.25, 0.3) is 0 Å². The number of hydrogen-bond donors (Lipinski definition) is 1. The van der Waals surface area contributed by atoms with Gasteiger partial charge in [0.05, 0.1) is 0 Å². The van der Waals surface area contributed by atoms with Crippen LogP contribution in [0.1, 0.15) is 38.8 Å². The second kappa shape index (κ2) is 10.6. The summed E-state index contributed by atoms with van der Waals surface area (Å²) in [5, 5.41) is 2.80. The summed E-state index contributed by atoms with van der Waals surface area (Å²) in [6.07, 6.45) is 0.915. The summed E-state index contributed by atoms with van der Waals surface area (Å²) in [6.45, 7) is 7.12. The number of halogens is 1. The summed E-state index contributed by atoms with van der Waals surface area (Å²) < 4.78 is 19.8. The monoisotopic (exact) mass is 400 g/mol. The molecular weight excluding hydrogens is 371 g/mol. The molecule has 2 amide bonds. The van der Waals surface area contributed by atoms with Gasteiger partial charge in [-0.25, -0.2) is 4.39 Å². The lowest BCUT2D eigenvalue weighted by molar-refractivity contribution is -0.142. The minimum absolute atomic E-state index is 0.0175. The highest BCUT2D eigenvalue weighted by atomic mass is 19.1. The first-order chi connectivity index (χ1) is 13.8. The van der Waals surface area contributed by atoms with E-state index in [1.807, 2.05) is 38.1 Å². The minimum atomic E-state index is -0.768. The van der Waals surface area contributed by atoms with Crippen LogP contribution in [-0.4, -0.2) is 35.4 Å². The SMILES string of the molecule is CCc1ccc(OCC(=O)N(Cc2ccccc2F)[C@@H](C)C(=O)NC(C)C)cc1. The lowest BCUT2D eigenvalue weighted by Gasteiger charge is -2.29. The number of amides is 2. The van der Waals surface area contributed by atoms with E-state index in [9.17, 15) is 14.0 Å². The zero-order chi connectivity index (χ0) is 21.4. The summed E-state index contributed by atoms with van der Waals surface area (Å²) in [5.74, 6) is -0.533. The summed E-state index contributed by atoms with van der Waals surface area (Å²) >= 11 is 0. The Hall–Kier alpha value is -2.89. The molecule has 0 unspecified atom stereocenters. The lowest BCUT2D eigenvalue weighted by Crippen LogP contribution is -2.50. The number of hydrogen-bond acceptors (Lipinski definition) is 3. The Kier molecular flexibility index (Phi) is 8.19. The molecule has 5 nitrogen and oxygen atoms in total. The molecule has 29 heavy (non-hydrogen) atoms. The smallest absolute Gasteiger partial charge is 0.261 e. The zero-order valence-corrected chi connectivity index (χ0v) is 17.4. The normalized spacial score (nSPS) is 11.8. The molecule has 0 aliphatic carbocycles. The van der Waals surface area contributed by atoms with E-state index in [2.05, 4.69) is 12.2 Å². The van der Waals surface area contributed by atoms with E-state index >= 15 is 0 Å². The third kappa shape index (κ3) is 6.59. The molecule has 2 aromatic carbocycles. The molecule has 0 radical (unpaired) electrons. The van der Waals surface area contributed by atoms with Gasteiger partial charge in [0.25, 0.3) is 5.91 Å². The van der Waals surface area contributed by atoms with Gasteiger partial charge in [0, 0.05) is 18.2 Å². The quantitative estimate of drug-likeness (QED) is 0.698. The van der Waals surface area contributed by atoms with Gasteiger partial charge in [-0.1, -0.05) is 37.3 Å². The molecule has 0 aliphatic heterocycles. The van der Waals surface area contributed by atoms with Crippen molar-refractivity contribution in [2.24, 2.45) is 0 Å². The van der Waals surface area contributed by atoms with Crippen molar-refractivity contribution in [2.75, 3.05) is 6.61 Å². The van der Waals surface area contributed by atoms with E-state index in [4.69, 9.17) is 4.74 Å². The number of nitrogens with one attached hydrogen (secondary N) is 1. The average molecular weight is 400 g/mol. The maximum atomic E-state index is 14.1. The van der Waals surface area contributed by atoms with Crippen molar-refractivity contribution < 1.29 is 18.7 Å². The molecule has 156 valence electrons. The van der Waals surface area contributed by atoms with Crippen molar-refractivity contribution >= 4 is 11.8 Å². The van der Waals surface area contributed by atoms with Gasteiger partial charge in [0.2, 0.25) is 5.91 Å². The number of rotatable bonds is 9. The van der Waals surface area contributed by atoms with Crippen molar-refractivity contribution in [2.45, 2.75) is 52.7 Å². The van der Waals surface area contributed by atoms with Gasteiger partial charge < -0.3 is 15.0 Å². The van der Waals surface area contributed by atoms with E-state index in [0.717, 1.165) is 6.42 Å². The van der Waals surface area contributed by atoms with Crippen molar-refractivity contribution in [3.05, 3.63) is 65.5 Å². The first kappa shape index (κ1) is 22.4. The predicted molar refractivity (Wildman–Crippen MR) is 111 cm³/mol. The Morgan fingerprint density at radius 2 is 1.72 bits per heavy atom. The fourth-order valence-electron chi connectivity index (χ4n) is 2.85. The Morgan fingerprint density at radius 3 is 2.31 bits per heavy atom. The first-order valence-corrected chi connectivity index (χ1v) is 9.86. The number of nitrogens with zero attached hydrogens (tertiary/aromatic N) is 1. The fraction of sp³-hybridized carbons (Fsp3) is 0.391. The van der Waals surface area contributed by atoms with Crippen molar-refractivity contribution in [3.8, 4) is 5.75 Å². The van der Waals surface area contributed by atoms with Gasteiger partial charge in [-0.15, -0.1) is 0 Å². The molecule has 0 saturated carbocycles. The van der Waals surface area contributed by atoms with Gasteiger partial charge in [0.1, 0.15) is 17.6 Å². The first-order valence-electron chi connectivity index (χ1n) is 9.86. The molecule has 1 atom stereocenters. The molecule has 0 heterocycles. The number of carbonyl (C=O) groups is 2. The van der Waals surface area contributed by atoms with E-state index in [0.29, 0.717) is 11.3 Å². The molecular formula is C23H29FN2O3. The molecule has 0 saturated heterocycles. The van der Waals surface area contributed by atoms with Crippen LogP contribution in [0.5, 0.6) is 5.75 Å². The molecule has 0 spiro atoms. The summed E-state index contributed by atoms with van der Waals surface area (Å²) in [4.78, 5) is 26.7. The van der Waals surface area contributed by atoms with Crippen molar-refractivity contribution in [1.29, 1.82) is 0 Å². The maximum absolute atomic E-state index is 14.1. The highest BCUT2D eigenvalue weighted by Crippen LogP contribution is 2.16. The van der Waals surface area contributed by atoms with E-state index < -0.39 is 11.9 Å². The number of ether oxygens (including phenoxy) is 1. The standard InChI is InChI=1S/C23H29FN2O3/c1-5-18-10-12-20(13-11-18)29-15-22(27)26(17(4)23(28)25-16(2)3)14-19-8-6-7-9-21(19)24/h6-13,16-17H,5,14-15H2,1-4H3,(H,25,28)/t17-/m0/s1. The Labute approximate surface area is 171 Å². The number of benzene rings is 2. The van der Waals surface area contributed by atoms with Gasteiger partial charge in [0.15, 0.2) is 6.61 Å². The second-order valence-corrected chi connectivity index (χ2v) is 7.24. The highest BCUT2D eigenvalue weighted by Gasteiger charge is 2.27.